The molecule has 0 aliphatic carbocycles. The number of aryl methyl sites for hydroxylation is 2. The van der Waals surface area contributed by atoms with Gasteiger partial charge in [-0.2, -0.15) is 30.4 Å². The minimum absolute atomic E-state index is 0. The van der Waals surface area contributed by atoms with Gasteiger partial charge in [0.2, 0.25) is 5.88 Å². The molecule has 0 N–H and O–H groups in total. The third kappa shape index (κ3) is 5.91. The van der Waals surface area contributed by atoms with Crippen molar-refractivity contribution < 1.29 is 43.1 Å². The Morgan fingerprint density at radius 2 is 1.62 bits per heavy atom. The fraction of sp³-hybridized carbons (Fsp3) is 0.135. The van der Waals surface area contributed by atoms with Gasteiger partial charge in [0.1, 0.15) is 5.82 Å². The van der Waals surface area contributed by atoms with E-state index in [0.29, 0.717) is 34.1 Å². The zero-order valence-electron chi connectivity index (χ0n) is 25.5. The fourth-order valence-electron chi connectivity index (χ4n) is 5.72. The molecule has 0 saturated carbocycles. The Kier molecular flexibility index (Phi) is 8.67. The number of ether oxygens (including phenoxy) is 2. The molecule has 238 valence electrons. The molecule has 0 unspecified atom stereocenters. The van der Waals surface area contributed by atoms with Crippen LogP contribution < -0.4 is 9.47 Å². The maximum absolute atomic E-state index is 13.6. The molecule has 0 spiro atoms. The van der Waals surface area contributed by atoms with Crippen molar-refractivity contribution in [2.75, 3.05) is 7.11 Å². The van der Waals surface area contributed by atoms with Gasteiger partial charge in [0.15, 0.2) is 0 Å². The first-order chi connectivity index (χ1) is 22.2. The van der Waals surface area contributed by atoms with E-state index < -0.39 is 11.7 Å². The zero-order valence-corrected chi connectivity index (χ0v) is 27.1. The van der Waals surface area contributed by atoms with Gasteiger partial charge in [-0.15, -0.1) is 35.7 Å². The van der Waals surface area contributed by atoms with Gasteiger partial charge in [-0.3, -0.25) is 0 Å². The summed E-state index contributed by atoms with van der Waals surface area (Å²) in [4.78, 5) is 4.28. The van der Waals surface area contributed by atoms with E-state index in [-0.39, 0.29) is 26.2 Å². The number of aromatic nitrogens is 4. The van der Waals surface area contributed by atoms with Gasteiger partial charge in [-0.05, 0) is 53.7 Å². The van der Waals surface area contributed by atoms with Gasteiger partial charge in [0, 0.05) is 23.2 Å². The largest absolute Gasteiger partial charge is 2.00 e. The summed E-state index contributed by atoms with van der Waals surface area (Å²) in [6.45, 7) is 4.05. The molecule has 0 bridgehead atoms. The van der Waals surface area contributed by atoms with Gasteiger partial charge >= 0.3 is 26.6 Å². The second-order valence-corrected chi connectivity index (χ2v) is 10.8. The molecule has 0 aliphatic rings. The molecular formula is C37H27F3N4O2Pd. The summed E-state index contributed by atoms with van der Waals surface area (Å²) in [5, 5.41) is 6.42. The summed E-state index contributed by atoms with van der Waals surface area (Å²) in [5.74, 6) is 1.46. The van der Waals surface area contributed by atoms with Crippen LogP contribution >= 0.6 is 0 Å². The molecular weight excluding hydrogens is 696 g/mol. The van der Waals surface area contributed by atoms with Crippen LogP contribution in [0.2, 0.25) is 0 Å². The second-order valence-electron chi connectivity index (χ2n) is 10.8. The van der Waals surface area contributed by atoms with Gasteiger partial charge in [0.05, 0.1) is 23.9 Å². The minimum Gasteiger partial charge on any atom is -0.509 e. The molecule has 0 atom stereocenters. The number of fused-ring (bicyclic) bond motifs is 3. The average molecular weight is 723 g/mol. The number of hydrogen-bond acceptors (Lipinski definition) is 4. The standard InChI is InChI=1S/C37H27F3N4O2.Pd/c1-4-24-12-14-25(15-13-24)35-23(2)42-44(36(35)45-3)27-8-7-9-28(21-27)46-29-16-17-31-30-10-5-6-11-32(30)43(33(31)22-29)34-20-26(18-19-41-34)37(38,39)40;/h5-20H,4H2,1-3H3;/q-2;+2. The van der Waals surface area contributed by atoms with E-state index in [1.165, 1.54) is 5.56 Å². The van der Waals surface area contributed by atoms with Crippen LogP contribution in [0.3, 0.4) is 0 Å². The van der Waals surface area contributed by atoms with Gasteiger partial charge in [-0.1, -0.05) is 54.9 Å². The SMILES string of the molecule is CCc1ccc(-c2c(C)nn(-c3[c-]c(Oc4[c-]c5c(cc4)c4ccccc4n5-c4cc(C(F)(F)F)ccn4)ccc3)c2OC)cc1.[Pd+2]. The Labute approximate surface area is 283 Å². The number of rotatable bonds is 7. The van der Waals surface area contributed by atoms with Crippen LogP contribution in [-0.4, -0.2) is 26.4 Å². The maximum atomic E-state index is 13.6. The number of nitrogens with zero attached hydrogens (tertiary/aromatic N) is 4. The maximum Gasteiger partial charge on any atom is 2.00 e. The predicted molar refractivity (Wildman–Crippen MR) is 171 cm³/mol. The van der Waals surface area contributed by atoms with Gasteiger partial charge in [0.25, 0.3) is 0 Å². The van der Waals surface area contributed by atoms with Crippen molar-refractivity contribution in [2.45, 2.75) is 26.4 Å². The van der Waals surface area contributed by atoms with E-state index in [2.05, 4.69) is 48.3 Å². The summed E-state index contributed by atoms with van der Waals surface area (Å²) < 4.78 is 56.2. The number of alkyl halides is 3. The number of pyridine rings is 1. The zero-order chi connectivity index (χ0) is 32.0. The summed E-state index contributed by atoms with van der Waals surface area (Å²) in [6.07, 6.45) is -2.39. The van der Waals surface area contributed by atoms with Crippen LogP contribution in [0.1, 0.15) is 23.7 Å². The Balaban J connectivity index is 0.00000386. The molecule has 0 aliphatic heterocycles. The first-order valence-electron chi connectivity index (χ1n) is 14.7. The smallest absolute Gasteiger partial charge is 0.509 e. The molecule has 7 aromatic rings. The van der Waals surface area contributed by atoms with Crippen LogP contribution in [0, 0.1) is 19.1 Å². The Hall–Kier alpha value is -4.91. The quantitative estimate of drug-likeness (QED) is 0.122. The number of halogens is 3. The first-order valence-corrected chi connectivity index (χ1v) is 14.7. The number of hydrogen-bond donors (Lipinski definition) is 0. The van der Waals surface area contributed by atoms with Gasteiger partial charge < -0.3 is 14.0 Å². The fourth-order valence-corrected chi connectivity index (χ4v) is 5.72. The summed E-state index contributed by atoms with van der Waals surface area (Å²) in [7, 11) is 1.61. The van der Waals surface area contributed by atoms with E-state index in [9.17, 15) is 13.2 Å². The van der Waals surface area contributed by atoms with E-state index in [4.69, 9.17) is 14.6 Å². The van der Waals surface area contributed by atoms with Crippen molar-refractivity contribution in [3.8, 4) is 40.0 Å². The van der Waals surface area contributed by atoms with Crippen molar-refractivity contribution in [1.82, 2.24) is 19.3 Å². The summed E-state index contributed by atoms with van der Waals surface area (Å²) in [6, 6.07) is 33.4. The number of benzene rings is 4. The van der Waals surface area contributed by atoms with Crippen molar-refractivity contribution in [3.05, 3.63) is 126 Å². The molecule has 4 aromatic carbocycles. The molecule has 0 amide bonds. The van der Waals surface area contributed by atoms with E-state index in [1.54, 1.807) is 28.5 Å². The van der Waals surface area contributed by atoms with E-state index in [1.807, 2.05) is 49.4 Å². The minimum atomic E-state index is -4.51. The van der Waals surface area contributed by atoms with Crippen molar-refractivity contribution >= 4 is 21.8 Å². The van der Waals surface area contributed by atoms with Crippen molar-refractivity contribution in [3.63, 3.8) is 0 Å². The van der Waals surface area contributed by atoms with Crippen molar-refractivity contribution in [1.29, 1.82) is 0 Å². The predicted octanol–water partition coefficient (Wildman–Crippen LogP) is 9.32. The van der Waals surface area contributed by atoms with Crippen molar-refractivity contribution in [2.24, 2.45) is 0 Å². The average Bonchev–Trinajstić information content (AvgIpc) is 3.58. The second kappa shape index (κ2) is 12.7. The Morgan fingerprint density at radius 3 is 2.36 bits per heavy atom. The molecule has 10 heteroatoms. The number of para-hydroxylation sites is 1. The molecule has 3 heterocycles. The third-order valence-corrected chi connectivity index (χ3v) is 7.92. The molecule has 0 saturated heterocycles. The summed E-state index contributed by atoms with van der Waals surface area (Å²) >= 11 is 0. The van der Waals surface area contributed by atoms with E-state index in [0.717, 1.165) is 52.3 Å². The molecule has 0 radical (unpaired) electrons. The monoisotopic (exact) mass is 722 g/mol. The van der Waals surface area contributed by atoms with Crippen LogP contribution in [0.15, 0.2) is 97.2 Å². The third-order valence-electron chi connectivity index (χ3n) is 7.92. The molecule has 47 heavy (non-hydrogen) atoms. The molecule has 3 aromatic heterocycles. The molecule has 6 nitrogen and oxygen atoms in total. The van der Waals surface area contributed by atoms with Gasteiger partial charge in [-0.25, -0.2) is 9.67 Å². The van der Waals surface area contributed by atoms with Crippen LogP contribution in [0.25, 0.3) is 44.4 Å². The van der Waals surface area contributed by atoms with Crippen LogP contribution in [0.4, 0.5) is 13.2 Å². The van der Waals surface area contributed by atoms with Crippen LogP contribution in [-0.2, 0) is 33.0 Å². The topological polar surface area (TPSA) is 54.1 Å². The normalized spacial score (nSPS) is 11.5. The number of methoxy groups -OCH3 is 1. The van der Waals surface area contributed by atoms with E-state index >= 15 is 0 Å². The summed E-state index contributed by atoms with van der Waals surface area (Å²) in [5.41, 5.74) is 4.99. The Morgan fingerprint density at radius 1 is 0.851 bits per heavy atom. The Bertz CT molecular complexity index is 2220. The van der Waals surface area contributed by atoms with Crippen LogP contribution in [0.5, 0.6) is 17.4 Å². The molecule has 0 fully saturated rings. The molecule has 7 rings (SSSR count). The first kappa shape index (κ1) is 32.0.